The first-order valence-corrected chi connectivity index (χ1v) is 8.86. The second-order valence-electron chi connectivity index (χ2n) is 6.25. The van der Waals surface area contributed by atoms with Gasteiger partial charge in [-0.05, 0) is 49.4 Å². The molecule has 0 aliphatic rings. The molecule has 2 aromatic carbocycles. The zero-order valence-corrected chi connectivity index (χ0v) is 15.8. The van der Waals surface area contributed by atoms with Crippen LogP contribution in [0.25, 0.3) is 0 Å². The molecule has 0 radical (unpaired) electrons. The monoisotopic (exact) mass is 347 g/mol. The standard InChI is InChI=1S/C22H25N3O/c1-5-17-8-7-9-18(6-2)21(17)24-14-19(13-23)22(26)25-20-11-10-15(3)12-16(20)4/h7-12,14,24H,5-6H2,1-4H3,(H,25,26)/b19-14-. The summed E-state index contributed by atoms with van der Waals surface area (Å²) in [6.07, 6.45) is 3.24. The highest BCUT2D eigenvalue weighted by Crippen LogP contribution is 2.23. The van der Waals surface area contributed by atoms with E-state index in [-0.39, 0.29) is 5.57 Å². The highest BCUT2D eigenvalue weighted by Gasteiger charge is 2.12. The van der Waals surface area contributed by atoms with Gasteiger partial charge in [-0.3, -0.25) is 4.79 Å². The predicted octanol–water partition coefficient (Wildman–Crippen LogP) is 4.89. The fraction of sp³-hybridized carbons (Fsp3) is 0.273. The molecule has 4 heteroatoms. The van der Waals surface area contributed by atoms with Gasteiger partial charge in [0.15, 0.2) is 0 Å². The maximum absolute atomic E-state index is 12.5. The number of hydrogen-bond donors (Lipinski definition) is 2. The fourth-order valence-electron chi connectivity index (χ4n) is 2.86. The van der Waals surface area contributed by atoms with Gasteiger partial charge in [0, 0.05) is 17.6 Å². The summed E-state index contributed by atoms with van der Waals surface area (Å²) >= 11 is 0. The third kappa shape index (κ3) is 4.52. The van der Waals surface area contributed by atoms with E-state index < -0.39 is 5.91 Å². The number of para-hydroxylation sites is 1. The molecule has 26 heavy (non-hydrogen) atoms. The first-order valence-electron chi connectivity index (χ1n) is 8.86. The van der Waals surface area contributed by atoms with Crippen LogP contribution in [-0.2, 0) is 17.6 Å². The number of carbonyl (C=O) groups excluding carboxylic acids is 1. The SMILES string of the molecule is CCc1cccc(CC)c1N/C=C(/C#N)C(=O)Nc1ccc(C)cc1C. The minimum absolute atomic E-state index is 0.0398. The van der Waals surface area contributed by atoms with Crippen LogP contribution in [0.2, 0.25) is 0 Å². The molecule has 0 saturated carbocycles. The summed E-state index contributed by atoms with van der Waals surface area (Å²) in [7, 11) is 0. The van der Waals surface area contributed by atoms with Crippen molar-refractivity contribution in [2.24, 2.45) is 0 Å². The van der Waals surface area contributed by atoms with Gasteiger partial charge in [-0.15, -0.1) is 0 Å². The van der Waals surface area contributed by atoms with E-state index in [1.165, 1.54) is 6.20 Å². The molecule has 0 fully saturated rings. The lowest BCUT2D eigenvalue weighted by Crippen LogP contribution is -2.15. The summed E-state index contributed by atoms with van der Waals surface area (Å²) in [6.45, 7) is 8.10. The van der Waals surface area contributed by atoms with Gasteiger partial charge < -0.3 is 10.6 Å². The van der Waals surface area contributed by atoms with Gasteiger partial charge in [0.05, 0.1) is 0 Å². The number of rotatable bonds is 6. The molecule has 0 bridgehead atoms. The van der Waals surface area contributed by atoms with E-state index in [1.54, 1.807) is 0 Å². The van der Waals surface area contributed by atoms with Crippen LogP contribution >= 0.6 is 0 Å². The lowest BCUT2D eigenvalue weighted by molar-refractivity contribution is -0.112. The van der Waals surface area contributed by atoms with Gasteiger partial charge in [0.25, 0.3) is 5.91 Å². The minimum Gasteiger partial charge on any atom is -0.360 e. The number of nitrogens with zero attached hydrogens (tertiary/aromatic N) is 1. The number of aryl methyl sites for hydroxylation is 4. The molecule has 2 rings (SSSR count). The fourth-order valence-corrected chi connectivity index (χ4v) is 2.86. The Labute approximate surface area is 155 Å². The van der Waals surface area contributed by atoms with Gasteiger partial charge in [-0.2, -0.15) is 5.26 Å². The van der Waals surface area contributed by atoms with E-state index in [1.807, 2.05) is 44.2 Å². The van der Waals surface area contributed by atoms with Gasteiger partial charge in [-0.25, -0.2) is 0 Å². The van der Waals surface area contributed by atoms with Crippen molar-refractivity contribution < 1.29 is 4.79 Å². The van der Waals surface area contributed by atoms with Crippen LogP contribution in [0.15, 0.2) is 48.2 Å². The van der Waals surface area contributed by atoms with Crippen molar-refractivity contribution in [1.82, 2.24) is 0 Å². The van der Waals surface area contributed by atoms with Crippen molar-refractivity contribution in [3.05, 3.63) is 70.4 Å². The molecule has 0 spiro atoms. The van der Waals surface area contributed by atoms with Crippen LogP contribution in [0.4, 0.5) is 11.4 Å². The molecule has 4 nitrogen and oxygen atoms in total. The van der Waals surface area contributed by atoms with Crippen LogP contribution < -0.4 is 10.6 Å². The van der Waals surface area contributed by atoms with Gasteiger partial charge >= 0.3 is 0 Å². The highest BCUT2D eigenvalue weighted by molar-refractivity contribution is 6.07. The Balaban J connectivity index is 2.23. The summed E-state index contributed by atoms with van der Waals surface area (Å²) in [5.41, 5.74) is 6.14. The molecule has 134 valence electrons. The molecular weight excluding hydrogens is 322 g/mol. The van der Waals surface area contributed by atoms with Crippen molar-refractivity contribution >= 4 is 17.3 Å². The Morgan fingerprint density at radius 1 is 1.12 bits per heavy atom. The number of amides is 1. The summed E-state index contributed by atoms with van der Waals surface area (Å²) in [6, 6.07) is 13.9. The van der Waals surface area contributed by atoms with Crippen molar-refractivity contribution in [2.75, 3.05) is 10.6 Å². The van der Waals surface area contributed by atoms with E-state index >= 15 is 0 Å². The number of nitrogens with one attached hydrogen (secondary N) is 2. The number of benzene rings is 2. The van der Waals surface area contributed by atoms with Crippen molar-refractivity contribution in [3.63, 3.8) is 0 Å². The van der Waals surface area contributed by atoms with Crippen molar-refractivity contribution in [3.8, 4) is 6.07 Å². The number of carbonyl (C=O) groups is 1. The van der Waals surface area contributed by atoms with Crippen LogP contribution in [0.3, 0.4) is 0 Å². The van der Waals surface area contributed by atoms with Gasteiger partial charge in [-0.1, -0.05) is 49.7 Å². The molecule has 2 aromatic rings. The van der Waals surface area contributed by atoms with Gasteiger partial charge in [0.1, 0.15) is 11.6 Å². The summed E-state index contributed by atoms with van der Waals surface area (Å²) in [4.78, 5) is 12.5. The molecule has 0 heterocycles. The Kier molecular flexibility index (Phi) is 6.57. The quantitative estimate of drug-likeness (QED) is 0.578. The Morgan fingerprint density at radius 2 is 1.77 bits per heavy atom. The lowest BCUT2D eigenvalue weighted by atomic mass is 10.0. The zero-order valence-electron chi connectivity index (χ0n) is 15.8. The molecule has 2 N–H and O–H groups in total. The molecule has 0 atom stereocenters. The lowest BCUT2D eigenvalue weighted by Gasteiger charge is -2.13. The van der Waals surface area contributed by atoms with Gasteiger partial charge in [0.2, 0.25) is 0 Å². The number of hydrogen-bond acceptors (Lipinski definition) is 3. The van der Waals surface area contributed by atoms with E-state index in [2.05, 4.69) is 36.6 Å². The van der Waals surface area contributed by atoms with Crippen molar-refractivity contribution in [2.45, 2.75) is 40.5 Å². The summed E-state index contributed by atoms with van der Waals surface area (Å²) < 4.78 is 0. The normalized spacial score (nSPS) is 11.0. The topological polar surface area (TPSA) is 64.9 Å². The molecule has 0 aliphatic heterocycles. The largest absolute Gasteiger partial charge is 0.360 e. The average Bonchev–Trinajstić information content (AvgIpc) is 2.64. The van der Waals surface area contributed by atoms with Crippen LogP contribution in [0.1, 0.15) is 36.1 Å². The van der Waals surface area contributed by atoms with E-state index in [0.717, 1.165) is 40.8 Å². The average molecular weight is 347 g/mol. The Morgan fingerprint density at radius 3 is 2.31 bits per heavy atom. The van der Waals surface area contributed by atoms with Crippen LogP contribution in [0.5, 0.6) is 0 Å². The van der Waals surface area contributed by atoms with Crippen molar-refractivity contribution in [1.29, 1.82) is 5.26 Å². The van der Waals surface area contributed by atoms with E-state index in [9.17, 15) is 10.1 Å². The molecule has 0 unspecified atom stereocenters. The molecular formula is C22H25N3O. The minimum atomic E-state index is -0.418. The Hall–Kier alpha value is -3.06. The Bertz CT molecular complexity index is 853. The number of nitriles is 1. The number of anilines is 2. The summed E-state index contributed by atoms with van der Waals surface area (Å²) in [5.74, 6) is -0.418. The molecule has 0 aromatic heterocycles. The maximum atomic E-state index is 12.5. The third-order valence-electron chi connectivity index (χ3n) is 4.35. The first-order chi connectivity index (χ1) is 12.5. The zero-order chi connectivity index (χ0) is 19.1. The first kappa shape index (κ1) is 19.3. The molecule has 0 aliphatic carbocycles. The molecule has 1 amide bonds. The second kappa shape index (κ2) is 8.87. The highest BCUT2D eigenvalue weighted by atomic mass is 16.1. The van der Waals surface area contributed by atoms with Crippen LogP contribution in [0, 0.1) is 25.2 Å². The van der Waals surface area contributed by atoms with E-state index in [0.29, 0.717) is 5.69 Å². The summed E-state index contributed by atoms with van der Waals surface area (Å²) in [5, 5.41) is 15.4. The van der Waals surface area contributed by atoms with Crippen LogP contribution in [-0.4, -0.2) is 5.91 Å². The smallest absolute Gasteiger partial charge is 0.267 e. The third-order valence-corrected chi connectivity index (χ3v) is 4.35. The molecule has 0 saturated heterocycles. The predicted molar refractivity (Wildman–Crippen MR) is 107 cm³/mol. The second-order valence-corrected chi connectivity index (χ2v) is 6.25. The van der Waals surface area contributed by atoms with E-state index in [4.69, 9.17) is 0 Å². The maximum Gasteiger partial charge on any atom is 0.267 e.